The molecule has 7 heteroatoms. The van der Waals surface area contributed by atoms with E-state index in [-0.39, 0.29) is 17.2 Å². The largest absolute Gasteiger partial charge is 0.342 e. The zero-order valence-electron chi connectivity index (χ0n) is 16.8. The molecule has 2 saturated heterocycles. The van der Waals surface area contributed by atoms with E-state index in [1.165, 1.54) is 0 Å². The molecule has 7 nitrogen and oxygen atoms in total. The van der Waals surface area contributed by atoms with E-state index in [1.807, 2.05) is 28.7 Å². The monoisotopic (exact) mass is 373 g/mol. The van der Waals surface area contributed by atoms with Crippen LogP contribution in [0, 0.1) is 12.3 Å². The molecular weight excluding hydrogens is 342 g/mol. The van der Waals surface area contributed by atoms with Gasteiger partial charge in [-0.2, -0.15) is 0 Å². The first-order valence-corrected chi connectivity index (χ1v) is 9.92. The van der Waals surface area contributed by atoms with Crippen molar-refractivity contribution in [1.82, 2.24) is 24.7 Å². The van der Waals surface area contributed by atoms with Gasteiger partial charge in [-0.1, -0.05) is 6.92 Å². The van der Waals surface area contributed by atoms with Crippen molar-refractivity contribution in [1.29, 1.82) is 0 Å². The maximum atomic E-state index is 12.4. The molecule has 0 saturated carbocycles. The lowest BCUT2D eigenvalue weighted by Crippen LogP contribution is -2.53. The van der Waals surface area contributed by atoms with Crippen molar-refractivity contribution in [3.8, 4) is 0 Å². The fourth-order valence-corrected chi connectivity index (χ4v) is 4.02. The van der Waals surface area contributed by atoms with E-state index in [2.05, 4.69) is 16.9 Å². The first kappa shape index (κ1) is 19.7. The van der Waals surface area contributed by atoms with Crippen molar-refractivity contribution in [3.05, 3.63) is 23.8 Å². The molecule has 0 aliphatic carbocycles. The summed E-state index contributed by atoms with van der Waals surface area (Å²) in [6.07, 6.45) is 6.97. The van der Waals surface area contributed by atoms with E-state index in [4.69, 9.17) is 0 Å². The van der Waals surface area contributed by atoms with Crippen LogP contribution in [-0.2, 0) is 16.1 Å². The average Bonchev–Trinajstić information content (AvgIpc) is 2.67. The van der Waals surface area contributed by atoms with Crippen LogP contribution < -0.4 is 0 Å². The third-order valence-electron chi connectivity index (χ3n) is 6.06. The minimum Gasteiger partial charge on any atom is -0.342 e. The molecule has 0 unspecified atom stereocenters. The molecule has 1 aromatic rings. The molecule has 0 atom stereocenters. The Hall–Kier alpha value is -2.02. The third kappa shape index (κ3) is 4.83. The van der Waals surface area contributed by atoms with E-state index in [1.54, 1.807) is 12.4 Å². The normalized spacial score (nSPS) is 19.8. The lowest BCUT2D eigenvalue weighted by atomic mass is 9.72. The molecule has 0 N–H and O–H groups in total. The average molecular weight is 374 g/mol. The smallest absolute Gasteiger partial charge is 0.236 e. The Kier molecular flexibility index (Phi) is 6.09. The van der Waals surface area contributed by atoms with Gasteiger partial charge in [0.15, 0.2) is 0 Å². The van der Waals surface area contributed by atoms with Crippen LogP contribution in [0.1, 0.15) is 44.0 Å². The molecule has 2 aliphatic rings. The number of hydrogen-bond donors (Lipinski definition) is 0. The second-order valence-corrected chi connectivity index (χ2v) is 8.11. The SMILES string of the molecule is CCN(C)CC(=O)N1CCC2(CCC(=O)N(Cc3cnc(C)cn3)C2)CC1. The molecule has 2 fully saturated rings. The van der Waals surface area contributed by atoms with Gasteiger partial charge in [-0.05, 0) is 45.2 Å². The van der Waals surface area contributed by atoms with Gasteiger partial charge in [-0.15, -0.1) is 0 Å². The second kappa shape index (κ2) is 8.33. The van der Waals surface area contributed by atoms with Crippen molar-refractivity contribution in [3.63, 3.8) is 0 Å². The van der Waals surface area contributed by atoms with Crippen molar-refractivity contribution in [2.24, 2.45) is 5.41 Å². The van der Waals surface area contributed by atoms with Gasteiger partial charge in [0.1, 0.15) is 0 Å². The van der Waals surface area contributed by atoms with Crippen LogP contribution in [0.4, 0.5) is 0 Å². The first-order valence-electron chi connectivity index (χ1n) is 9.92. The fourth-order valence-electron chi connectivity index (χ4n) is 4.02. The molecule has 0 aromatic carbocycles. The maximum Gasteiger partial charge on any atom is 0.236 e. The molecule has 3 heterocycles. The highest BCUT2D eigenvalue weighted by Gasteiger charge is 2.41. The molecule has 0 radical (unpaired) electrons. The highest BCUT2D eigenvalue weighted by molar-refractivity contribution is 5.78. The topological polar surface area (TPSA) is 69.6 Å². The molecule has 148 valence electrons. The highest BCUT2D eigenvalue weighted by Crippen LogP contribution is 2.40. The minimum atomic E-state index is 0.138. The number of likely N-dealkylation sites (N-methyl/N-ethyl adjacent to an activating group) is 1. The summed E-state index contributed by atoms with van der Waals surface area (Å²) in [7, 11) is 1.97. The maximum absolute atomic E-state index is 12.4. The molecule has 2 aliphatic heterocycles. The predicted octanol–water partition coefficient (Wildman–Crippen LogP) is 1.47. The summed E-state index contributed by atoms with van der Waals surface area (Å²) in [5.41, 5.74) is 1.85. The van der Waals surface area contributed by atoms with E-state index < -0.39 is 0 Å². The van der Waals surface area contributed by atoms with E-state index >= 15 is 0 Å². The number of aromatic nitrogens is 2. The number of hydrogen-bond acceptors (Lipinski definition) is 5. The third-order valence-corrected chi connectivity index (χ3v) is 6.06. The molecule has 1 aromatic heterocycles. The van der Waals surface area contributed by atoms with Crippen molar-refractivity contribution in [2.75, 3.05) is 39.8 Å². The zero-order chi connectivity index (χ0) is 19.4. The lowest BCUT2D eigenvalue weighted by molar-refractivity contribution is -0.143. The summed E-state index contributed by atoms with van der Waals surface area (Å²) in [5.74, 6) is 0.416. The van der Waals surface area contributed by atoms with E-state index in [0.29, 0.717) is 19.5 Å². The Morgan fingerprint density at radius 1 is 1.22 bits per heavy atom. The van der Waals surface area contributed by atoms with Crippen LogP contribution in [0.3, 0.4) is 0 Å². The first-order chi connectivity index (χ1) is 12.9. The number of aryl methyl sites for hydroxylation is 1. The molecule has 0 bridgehead atoms. The summed E-state index contributed by atoms with van der Waals surface area (Å²) in [6.45, 7) is 8.21. The summed E-state index contributed by atoms with van der Waals surface area (Å²) >= 11 is 0. The number of likely N-dealkylation sites (tertiary alicyclic amines) is 2. The van der Waals surface area contributed by atoms with E-state index in [0.717, 1.165) is 56.8 Å². The molecule has 27 heavy (non-hydrogen) atoms. The number of nitrogens with zero attached hydrogens (tertiary/aromatic N) is 5. The summed E-state index contributed by atoms with van der Waals surface area (Å²) < 4.78 is 0. The highest BCUT2D eigenvalue weighted by atomic mass is 16.2. The van der Waals surface area contributed by atoms with Gasteiger partial charge in [0.25, 0.3) is 0 Å². The summed E-state index contributed by atoms with van der Waals surface area (Å²) in [4.78, 5) is 39.5. The van der Waals surface area contributed by atoms with Crippen molar-refractivity contribution < 1.29 is 9.59 Å². The Bertz CT molecular complexity index is 667. The Morgan fingerprint density at radius 3 is 2.59 bits per heavy atom. The Labute approximate surface area is 161 Å². The fraction of sp³-hybridized carbons (Fsp3) is 0.700. The number of rotatable bonds is 5. The van der Waals surface area contributed by atoms with Crippen LogP contribution in [-0.4, -0.2) is 76.3 Å². The van der Waals surface area contributed by atoms with Crippen LogP contribution in [0.5, 0.6) is 0 Å². The van der Waals surface area contributed by atoms with Crippen LogP contribution in [0.25, 0.3) is 0 Å². The minimum absolute atomic E-state index is 0.138. The molecule has 3 rings (SSSR count). The van der Waals surface area contributed by atoms with Gasteiger partial charge in [-0.3, -0.25) is 24.5 Å². The van der Waals surface area contributed by atoms with Crippen molar-refractivity contribution >= 4 is 11.8 Å². The van der Waals surface area contributed by atoms with E-state index in [9.17, 15) is 9.59 Å². The lowest BCUT2D eigenvalue weighted by Gasteiger charge is -2.47. The number of piperidine rings is 2. The second-order valence-electron chi connectivity index (χ2n) is 8.11. The van der Waals surface area contributed by atoms with Gasteiger partial charge >= 0.3 is 0 Å². The van der Waals surface area contributed by atoms with Gasteiger partial charge in [-0.25, -0.2) is 0 Å². The van der Waals surface area contributed by atoms with Gasteiger partial charge in [0.2, 0.25) is 11.8 Å². The molecule has 1 spiro atoms. The van der Waals surface area contributed by atoms with Gasteiger partial charge in [0.05, 0.1) is 30.7 Å². The Balaban J connectivity index is 1.58. The molecule has 2 amide bonds. The van der Waals surface area contributed by atoms with Gasteiger partial charge in [0, 0.05) is 32.3 Å². The number of amides is 2. The van der Waals surface area contributed by atoms with Crippen LogP contribution >= 0.6 is 0 Å². The standard InChI is InChI=1S/C20H31N5O2/c1-4-23(3)14-19(27)24-9-7-20(8-10-24)6-5-18(26)25(15-20)13-17-12-21-16(2)11-22-17/h11-12H,4-10,13-15H2,1-3H3. The zero-order valence-corrected chi connectivity index (χ0v) is 16.8. The predicted molar refractivity (Wildman–Crippen MR) is 103 cm³/mol. The van der Waals surface area contributed by atoms with Crippen LogP contribution in [0.15, 0.2) is 12.4 Å². The Morgan fingerprint density at radius 2 is 1.96 bits per heavy atom. The summed E-state index contributed by atoms with van der Waals surface area (Å²) in [6, 6.07) is 0. The summed E-state index contributed by atoms with van der Waals surface area (Å²) in [5, 5.41) is 0. The quantitative estimate of drug-likeness (QED) is 0.782. The van der Waals surface area contributed by atoms with Gasteiger partial charge < -0.3 is 9.80 Å². The number of carbonyl (C=O) groups is 2. The molecular formula is C20H31N5O2. The van der Waals surface area contributed by atoms with Crippen molar-refractivity contribution in [2.45, 2.75) is 46.1 Å². The number of carbonyl (C=O) groups excluding carboxylic acids is 2. The van der Waals surface area contributed by atoms with Crippen LogP contribution in [0.2, 0.25) is 0 Å².